The normalized spacial score (nSPS) is 13.0. The van der Waals surface area contributed by atoms with Gasteiger partial charge in [-0.2, -0.15) is 0 Å². The second kappa shape index (κ2) is 6.01. The first-order valence-corrected chi connectivity index (χ1v) is 7.16. The Morgan fingerprint density at radius 1 is 1.23 bits per heavy atom. The summed E-state index contributed by atoms with van der Waals surface area (Å²) in [7, 11) is 0. The fraction of sp³-hybridized carbons (Fsp3) is 0.312. The predicted octanol–water partition coefficient (Wildman–Crippen LogP) is 2.62. The van der Waals surface area contributed by atoms with Gasteiger partial charge in [0, 0.05) is 6.20 Å². The van der Waals surface area contributed by atoms with Crippen LogP contribution < -0.4 is 14.8 Å². The van der Waals surface area contributed by atoms with Crippen molar-refractivity contribution in [2.45, 2.75) is 19.8 Å². The van der Waals surface area contributed by atoms with E-state index in [1.165, 1.54) is 0 Å². The molecular formula is C16H17N3O3. The van der Waals surface area contributed by atoms with Crippen LogP contribution in [0.5, 0.6) is 11.6 Å². The Kier molecular flexibility index (Phi) is 3.91. The lowest BCUT2D eigenvalue weighted by molar-refractivity contribution is 0.101. The van der Waals surface area contributed by atoms with Crippen LogP contribution in [0.1, 0.15) is 35.8 Å². The number of hydrogen-bond acceptors (Lipinski definition) is 5. The maximum absolute atomic E-state index is 12.3. The van der Waals surface area contributed by atoms with E-state index in [0.29, 0.717) is 36.4 Å². The summed E-state index contributed by atoms with van der Waals surface area (Å²) in [5.74, 6) is 0.954. The van der Waals surface area contributed by atoms with Crippen molar-refractivity contribution in [2.75, 3.05) is 18.5 Å². The number of rotatable bonds is 3. The van der Waals surface area contributed by atoms with Crippen molar-refractivity contribution < 1.29 is 14.3 Å². The number of pyridine rings is 2. The van der Waals surface area contributed by atoms with Crippen molar-refractivity contribution in [3.05, 3.63) is 41.9 Å². The fourth-order valence-corrected chi connectivity index (χ4v) is 2.09. The number of carbonyl (C=O) groups excluding carboxylic acids is 1. The van der Waals surface area contributed by atoms with Gasteiger partial charge in [0.25, 0.3) is 11.8 Å². The lowest BCUT2D eigenvalue weighted by Crippen LogP contribution is -2.19. The molecule has 0 atom stereocenters. The first-order valence-electron chi connectivity index (χ1n) is 7.16. The third-order valence-electron chi connectivity index (χ3n) is 3.32. The predicted molar refractivity (Wildman–Crippen MR) is 81.5 cm³/mol. The number of hydrogen-bond donors (Lipinski definition) is 1. The number of aromatic nitrogens is 2. The SMILES string of the molecule is CC(C)c1cncc(NC(=O)c2ccc3c(n2)OCCO3)c1. The van der Waals surface area contributed by atoms with Crippen LogP contribution in [0.25, 0.3) is 0 Å². The molecule has 6 heteroatoms. The van der Waals surface area contributed by atoms with E-state index in [4.69, 9.17) is 9.47 Å². The van der Waals surface area contributed by atoms with E-state index in [1.807, 2.05) is 6.07 Å². The van der Waals surface area contributed by atoms with Crippen LogP contribution in [-0.2, 0) is 0 Å². The van der Waals surface area contributed by atoms with Gasteiger partial charge in [-0.15, -0.1) is 0 Å². The van der Waals surface area contributed by atoms with Gasteiger partial charge in [-0.05, 0) is 29.7 Å². The topological polar surface area (TPSA) is 73.3 Å². The molecule has 1 N–H and O–H groups in total. The second-order valence-electron chi connectivity index (χ2n) is 5.31. The van der Waals surface area contributed by atoms with Crippen molar-refractivity contribution in [1.29, 1.82) is 0 Å². The minimum absolute atomic E-state index is 0.277. The summed E-state index contributed by atoms with van der Waals surface area (Å²) < 4.78 is 10.8. The van der Waals surface area contributed by atoms with Gasteiger partial charge in [0.15, 0.2) is 5.75 Å². The van der Waals surface area contributed by atoms with E-state index < -0.39 is 0 Å². The van der Waals surface area contributed by atoms with Gasteiger partial charge in [0.2, 0.25) is 0 Å². The molecule has 114 valence electrons. The smallest absolute Gasteiger partial charge is 0.274 e. The largest absolute Gasteiger partial charge is 0.484 e. The molecule has 0 radical (unpaired) electrons. The number of ether oxygens (including phenoxy) is 2. The Balaban J connectivity index is 1.78. The zero-order valence-electron chi connectivity index (χ0n) is 12.5. The molecule has 0 bridgehead atoms. The molecule has 1 amide bonds. The third-order valence-corrected chi connectivity index (χ3v) is 3.32. The van der Waals surface area contributed by atoms with Crippen molar-refractivity contribution in [3.8, 4) is 11.6 Å². The average molecular weight is 299 g/mol. The maximum Gasteiger partial charge on any atom is 0.274 e. The number of amides is 1. The van der Waals surface area contributed by atoms with E-state index in [1.54, 1.807) is 24.5 Å². The van der Waals surface area contributed by atoms with E-state index >= 15 is 0 Å². The van der Waals surface area contributed by atoms with Crippen LogP contribution in [0.15, 0.2) is 30.6 Å². The van der Waals surface area contributed by atoms with Crippen LogP contribution in [0.2, 0.25) is 0 Å². The number of nitrogens with zero attached hydrogens (tertiary/aromatic N) is 2. The molecule has 0 aromatic carbocycles. The molecule has 0 unspecified atom stereocenters. The third kappa shape index (κ3) is 3.00. The van der Waals surface area contributed by atoms with Gasteiger partial charge in [-0.25, -0.2) is 4.98 Å². The molecule has 0 saturated carbocycles. The highest BCUT2D eigenvalue weighted by atomic mass is 16.6. The van der Waals surface area contributed by atoms with E-state index in [0.717, 1.165) is 5.56 Å². The number of fused-ring (bicyclic) bond motifs is 1. The molecule has 0 saturated heterocycles. The molecule has 1 aliphatic rings. The molecule has 6 nitrogen and oxygen atoms in total. The maximum atomic E-state index is 12.3. The number of anilines is 1. The molecule has 3 rings (SSSR count). The number of nitrogens with one attached hydrogen (secondary N) is 1. The lowest BCUT2D eigenvalue weighted by Gasteiger charge is -2.17. The molecular weight excluding hydrogens is 282 g/mol. The Morgan fingerprint density at radius 2 is 2.05 bits per heavy atom. The summed E-state index contributed by atoms with van der Waals surface area (Å²) in [5, 5.41) is 2.80. The highest BCUT2D eigenvalue weighted by Crippen LogP contribution is 2.27. The van der Waals surface area contributed by atoms with Gasteiger partial charge < -0.3 is 14.8 Å². The minimum Gasteiger partial charge on any atom is -0.484 e. The van der Waals surface area contributed by atoms with Gasteiger partial charge in [0.05, 0.1) is 11.9 Å². The molecule has 1 aliphatic heterocycles. The monoisotopic (exact) mass is 299 g/mol. The van der Waals surface area contributed by atoms with Crippen LogP contribution in [0.4, 0.5) is 5.69 Å². The summed E-state index contributed by atoms with van der Waals surface area (Å²) in [4.78, 5) is 20.6. The molecule has 22 heavy (non-hydrogen) atoms. The molecule has 2 aromatic heterocycles. The number of carbonyl (C=O) groups is 1. The highest BCUT2D eigenvalue weighted by molar-refractivity contribution is 6.03. The van der Waals surface area contributed by atoms with Crippen molar-refractivity contribution >= 4 is 11.6 Å². The summed E-state index contributed by atoms with van der Waals surface area (Å²) >= 11 is 0. The Bertz CT molecular complexity index is 701. The summed E-state index contributed by atoms with van der Waals surface area (Å²) in [6.45, 7) is 5.08. The van der Waals surface area contributed by atoms with E-state index in [9.17, 15) is 4.79 Å². The van der Waals surface area contributed by atoms with Crippen molar-refractivity contribution in [3.63, 3.8) is 0 Å². The van der Waals surface area contributed by atoms with Gasteiger partial charge in [0.1, 0.15) is 18.9 Å². The van der Waals surface area contributed by atoms with Crippen LogP contribution >= 0.6 is 0 Å². The Hall–Kier alpha value is -2.63. The van der Waals surface area contributed by atoms with Crippen LogP contribution in [0.3, 0.4) is 0 Å². The summed E-state index contributed by atoms with van der Waals surface area (Å²) in [6.07, 6.45) is 3.41. The van der Waals surface area contributed by atoms with Crippen LogP contribution in [0, 0.1) is 0 Å². The average Bonchev–Trinajstić information content (AvgIpc) is 2.54. The van der Waals surface area contributed by atoms with Gasteiger partial charge in [-0.3, -0.25) is 9.78 Å². The molecule has 0 fully saturated rings. The molecule has 0 aliphatic carbocycles. The fourth-order valence-electron chi connectivity index (χ4n) is 2.09. The molecule has 3 heterocycles. The van der Waals surface area contributed by atoms with E-state index in [-0.39, 0.29) is 11.6 Å². The quantitative estimate of drug-likeness (QED) is 0.943. The zero-order valence-corrected chi connectivity index (χ0v) is 12.5. The molecule has 0 spiro atoms. The van der Waals surface area contributed by atoms with Crippen LogP contribution in [-0.4, -0.2) is 29.1 Å². The summed E-state index contributed by atoms with van der Waals surface area (Å²) in [6, 6.07) is 5.22. The summed E-state index contributed by atoms with van der Waals surface area (Å²) in [5.41, 5.74) is 1.99. The highest BCUT2D eigenvalue weighted by Gasteiger charge is 2.17. The van der Waals surface area contributed by atoms with Crippen molar-refractivity contribution in [1.82, 2.24) is 9.97 Å². The Labute approximate surface area is 128 Å². The molecule has 2 aromatic rings. The zero-order chi connectivity index (χ0) is 15.5. The lowest BCUT2D eigenvalue weighted by atomic mass is 10.1. The second-order valence-corrected chi connectivity index (χ2v) is 5.31. The minimum atomic E-state index is -0.306. The van der Waals surface area contributed by atoms with E-state index in [2.05, 4.69) is 29.1 Å². The standard InChI is InChI=1S/C16H17N3O3/c1-10(2)11-7-12(9-17-8-11)18-15(20)13-3-4-14-16(19-13)22-6-5-21-14/h3-4,7-10H,5-6H2,1-2H3,(H,18,20). The van der Waals surface area contributed by atoms with Gasteiger partial charge in [-0.1, -0.05) is 13.8 Å². The Morgan fingerprint density at radius 3 is 2.86 bits per heavy atom. The first kappa shape index (κ1) is 14.3. The van der Waals surface area contributed by atoms with Crippen molar-refractivity contribution in [2.24, 2.45) is 0 Å². The van der Waals surface area contributed by atoms with Gasteiger partial charge >= 0.3 is 0 Å². The first-order chi connectivity index (χ1) is 10.6.